The SMILES string of the molecule is N[C@@H](Cc1ccc(OS(=O)(=O)CCCS(=O)(=O)O)cc1)C(=O)O. The van der Waals surface area contributed by atoms with Crippen molar-refractivity contribution in [3.8, 4) is 5.75 Å². The zero-order valence-electron chi connectivity index (χ0n) is 12.0. The Morgan fingerprint density at radius 1 is 1.13 bits per heavy atom. The summed E-state index contributed by atoms with van der Waals surface area (Å²) in [5, 5.41) is 8.70. The third-order valence-electron chi connectivity index (χ3n) is 2.72. The van der Waals surface area contributed by atoms with Crippen LogP contribution in [0.25, 0.3) is 0 Å². The Morgan fingerprint density at radius 3 is 2.17 bits per heavy atom. The van der Waals surface area contributed by atoms with E-state index in [1.165, 1.54) is 24.3 Å². The summed E-state index contributed by atoms with van der Waals surface area (Å²) in [6.45, 7) is 0. The molecule has 1 aromatic carbocycles. The summed E-state index contributed by atoms with van der Waals surface area (Å²) in [6.07, 6.45) is -0.219. The Kier molecular flexibility index (Phi) is 6.50. The van der Waals surface area contributed by atoms with Gasteiger partial charge in [0.25, 0.3) is 10.1 Å². The molecule has 0 amide bonds. The number of hydrogen-bond donors (Lipinski definition) is 3. The van der Waals surface area contributed by atoms with Crippen LogP contribution in [0.4, 0.5) is 0 Å². The topological polar surface area (TPSA) is 161 Å². The van der Waals surface area contributed by atoms with Crippen LogP contribution in [-0.4, -0.2) is 50.0 Å². The van der Waals surface area contributed by atoms with Crippen LogP contribution in [0.2, 0.25) is 0 Å². The summed E-state index contributed by atoms with van der Waals surface area (Å²) in [5.41, 5.74) is 5.98. The highest BCUT2D eigenvalue weighted by Crippen LogP contribution is 2.16. The van der Waals surface area contributed by atoms with Crippen molar-refractivity contribution in [2.45, 2.75) is 18.9 Å². The highest BCUT2D eigenvalue weighted by atomic mass is 32.2. The van der Waals surface area contributed by atoms with Crippen LogP contribution in [0.5, 0.6) is 5.75 Å². The Bertz CT molecular complexity index is 740. The number of rotatable bonds is 9. The quantitative estimate of drug-likeness (QED) is 0.390. The smallest absolute Gasteiger partial charge is 0.320 e. The third kappa shape index (κ3) is 7.93. The number of carboxylic acids is 1. The molecule has 0 spiro atoms. The molecule has 0 saturated carbocycles. The lowest BCUT2D eigenvalue weighted by Gasteiger charge is -2.09. The first-order valence-corrected chi connectivity index (χ1v) is 9.62. The van der Waals surface area contributed by atoms with Crippen molar-refractivity contribution in [3.63, 3.8) is 0 Å². The van der Waals surface area contributed by atoms with E-state index in [1.54, 1.807) is 0 Å². The molecule has 1 aromatic rings. The van der Waals surface area contributed by atoms with Gasteiger partial charge in [0, 0.05) is 0 Å². The van der Waals surface area contributed by atoms with Crippen LogP contribution in [0.1, 0.15) is 12.0 Å². The van der Waals surface area contributed by atoms with Gasteiger partial charge in [-0.05, 0) is 30.5 Å². The van der Waals surface area contributed by atoms with Crippen LogP contribution in [0.15, 0.2) is 24.3 Å². The van der Waals surface area contributed by atoms with E-state index in [0.29, 0.717) is 5.56 Å². The Hall–Kier alpha value is -1.69. The minimum Gasteiger partial charge on any atom is -0.480 e. The first-order chi connectivity index (χ1) is 10.5. The second-order valence-corrected chi connectivity index (χ2v) is 8.04. The average molecular weight is 367 g/mol. The Labute approximate surface area is 133 Å². The number of hydrogen-bond acceptors (Lipinski definition) is 7. The molecule has 0 aliphatic carbocycles. The van der Waals surface area contributed by atoms with Crippen LogP contribution >= 0.6 is 0 Å². The van der Waals surface area contributed by atoms with Crippen LogP contribution in [0, 0.1) is 0 Å². The standard InChI is InChI=1S/C12H17NO8S2/c13-11(12(14)15)8-9-2-4-10(5-3-9)21-23(19,20)7-1-6-22(16,17)18/h2-5,11H,1,6-8,13H2,(H,14,15)(H,16,17,18)/t11-/m0/s1. The fourth-order valence-corrected chi connectivity index (χ4v) is 3.31. The molecule has 1 rings (SSSR count). The van der Waals surface area contributed by atoms with E-state index >= 15 is 0 Å². The van der Waals surface area contributed by atoms with E-state index in [0.717, 1.165) is 0 Å². The molecule has 0 saturated heterocycles. The first kappa shape index (κ1) is 19.4. The van der Waals surface area contributed by atoms with Gasteiger partial charge in [-0.3, -0.25) is 9.35 Å². The van der Waals surface area contributed by atoms with Crippen molar-refractivity contribution in [1.82, 2.24) is 0 Å². The van der Waals surface area contributed by atoms with E-state index in [9.17, 15) is 21.6 Å². The fourth-order valence-electron chi connectivity index (χ4n) is 1.63. The molecule has 9 nitrogen and oxygen atoms in total. The maximum Gasteiger partial charge on any atom is 0.320 e. The number of carboxylic acid groups (broad SMARTS) is 1. The third-order valence-corrected chi connectivity index (χ3v) is 4.76. The van der Waals surface area contributed by atoms with Gasteiger partial charge >= 0.3 is 16.1 Å². The van der Waals surface area contributed by atoms with E-state index in [4.69, 9.17) is 19.6 Å². The summed E-state index contributed by atoms with van der Waals surface area (Å²) in [6, 6.07) is 4.57. The van der Waals surface area contributed by atoms with Crippen molar-refractivity contribution < 1.29 is 35.5 Å². The van der Waals surface area contributed by atoms with Crippen LogP contribution in [-0.2, 0) is 31.5 Å². The lowest BCUT2D eigenvalue weighted by atomic mass is 10.1. The number of carbonyl (C=O) groups is 1. The number of nitrogens with two attached hydrogens (primary N) is 1. The van der Waals surface area contributed by atoms with Gasteiger partial charge in [0.15, 0.2) is 0 Å². The monoisotopic (exact) mass is 367 g/mol. The van der Waals surface area contributed by atoms with Crippen LogP contribution < -0.4 is 9.92 Å². The van der Waals surface area contributed by atoms with Crippen molar-refractivity contribution >= 4 is 26.2 Å². The molecule has 23 heavy (non-hydrogen) atoms. The van der Waals surface area contributed by atoms with Gasteiger partial charge in [0.2, 0.25) is 0 Å². The number of aliphatic carboxylic acids is 1. The minimum absolute atomic E-state index is 0.00417. The van der Waals surface area contributed by atoms with Crippen molar-refractivity contribution in [3.05, 3.63) is 29.8 Å². The molecule has 0 fully saturated rings. The van der Waals surface area contributed by atoms with E-state index in [1.807, 2.05) is 0 Å². The molecule has 0 unspecified atom stereocenters. The molecule has 1 atom stereocenters. The molecule has 0 radical (unpaired) electrons. The van der Waals surface area contributed by atoms with Gasteiger partial charge in [-0.1, -0.05) is 12.1 Å². The van der Waals surface area contributed by atoms with Gasteiger partial charge in [0.05, 0.1) is 11.5 Å². The molecule has 130 valence electrons. The average Bonchev–Trinajstić information content (AvgIpc) is 2.38. The zero-order chi connectivity index (χ0) is 17.7. The molecule has 0 aromatic heterocycles. The second kappa shape index (κ2) is 7.73. The molecule has 0 heterocycles. The molecule has 11 heteroatoms. The highest BCUT2D eigenvalue weighted by molar-refractivity contribution is 7.87. The minimum atomic E-state index is -4.22. The van der Waals surface area contributed by atoms with Gasteiger partial charge in [-0.2, -0.15) is 16.8 Å². The van der Waals surface area contributed by atoms with E-state index < -0.39 is 43.8 Å². The van der Waals surface area contributed by atoms with E-state index in [-0.39, 0.29) is 18.6 Å². The molecular formula is C12H17NO8S2. The zero-order valence-corrected chi connectivity index (χ0v) is 13.6. The maximum absolute atomic E-state index is 11.6. The number of benzene rings is 1. The Morgan fingerprint density at radius 2 is 1.70 bits per heavy atom. The molecule has 0 bridgehead atoms. The van der Waals surface area contributed by atoms with Gasteiger partial charge in [-0.15, -0.1) is 0 Å². The summed E-state index contributed by atoms with van der Waals surface area (Å²) < 4.78 is 57.6. The Balaban J connectivity index is 2.61. The van der Waals surface area contributed by atoms with Gasteiger partial charge < -0.3 is 15.0 Å². The first-order valence-electron chi connectivity index (χ1n) is 6.43. The molecule has 4 N–H and O–H groups in total. The summed E-state index contributed by atoms with van der Waals surface area (Å²) >= 11 is 0. The fraction of sp³-hybridized carbons (Fsp3) is 0.417. The predicted molar refractivity (Wildman–Crippen MR) is 81.2 cm³/mol. The molecule has 0 aliphatic rings. The van der Waals surface area contributed by atoms with Crippen molar-refractivity contribution in [1.29, 1.82) is 0 Å². The van der Waals surface area contributed by atoms with Crippen molar-refractivity contribution in [2.24, 2.45) is 5.73 Å². The molecule has 0 aliphatic heterocycles. The molecular weight excluding hydrogens is 350 g/mol. The maximum atomic E-state index is 11.6. The summed E-state index contributed by atoms with van der Waals surface area (Å²) in [7, 11) is -8.22. The van der Waals surface area contributed by atoms with Gasteiger partial charge in [0.1, 0.15) is 11.8 Å². The van der Waals surface area contributed by atoms with Crippen LogP contribution in [0.3, 0.4) is 0 Å². The lowest BCUT2D eigenvalue weighted by molar-refractivity contribution is -0.138. The lowest BCUT2D eigenvalue weighted by Crippen LogP contribution is -2.32. The highest BCUT2D eigenvalue weighted by Gasteiger charge is 2.16. The second-order valence-electron chi connectivity index (χ2n) is 4.78. The van der Waals surface area contributed by atoms with E-state index in [2.05, 4.69) is 0 Å². The van der Waals surface area contributed by atoms with Gasteiger partial charge in [-0.25, -0.2) is 0 Å². The summed E-state index contributed by atoms with van der Waals surface area (Å²) in [4.78, 5) is 10.6. The predicted octanol–water partition coefficient (Wildman–Crippen LogP) is -0.372. The van der Waals surface area contributed by atoms with Crippen molar-refractivity contribution in [2.75, 3.05) is 11.5 Å². The summed E-state index contributed by atoms with van der Waals surface area (Å²) in [5.74, 6) is -2.39. The largest absolute Gasteiger partial charge is 0.480 e. The normalized spacial score (nSPS) is 13.5.